The van der Waals surface area contributed by atoms with E-state index in [9.17, 15) is 14.4 Å². The predicted octanol–water partition coefficient (Wildman–Crippen LogP) is 5.82. The quantitative estimate of drug-likeness (QED) is 0.335. The van der Waals surface area contributed by atoms with Crippen LogP contribution in [0.15, 0.2) is 24.3 Å². The van der Waals surface area contributed by atoms with E-state index in [4.69, 9.17) is 11.2 Å². The zero-order valence-electron chi connectivity index (χ0n) is 24.8. The molecule has 1 fully saturated rings. The van der Waals surface area contributed by atoms with Gasteiger partial charge < -0.3 is 20.3 Å². The van der Waals surface area contributed by atoms with Gasteiger partial charge in [0.2, 0.25) is 11.8 Å². The number of amides is 3. The Labute approximate surface area is 239 Å². The molecule has 3 amide bonds. The van der Waals surface area contributed by atoms with E-state index in [1.165, 1.54) is 6.42 Å². The third kappa shape index (κ3) is 9.79. The minimum Gasteiger partial charge on any atom is -0.444 e. The molecule has 8 heteroatoms. The second kappa shape index (κ2) is 14.6. The number of hydrogen-bond acceptors (Lipinski definition) is 5. The molecule has 2 unspecified atom stereocenters. The molecule has 1 aromatic rings. The highest BCUT2D eigenvalue weighted by Crippen LogP contribution is 2.33. The second-order valence-corrected chi connectivity index (χ2v) is 12.9. The minimum absolute atomic E-state index is 0.0765. The number of benzene rings is 1. The predicted molar refractivity (Wildman–Crippen MR) is 160 cm³/mol. The van der Waals surface area contributed by atoms with Gasteiger partial charge in [-0.05, 0) is 90.0 Å². The summed E-state index contributed by atoms with van der Waals surface area (Å²) in [6.07, 6.45) is 13.1. The Hall–Kier alpha value is -2.66. The Bertz CT molecular complexity index is 1000. The van der Waals surface area contributed by atoms with Gasteiger partial charge in [0.25, 0.3) is 0 Å². The molecule has 2 atom stereocenters. The molecule has 0 heterocycles. The van der Waals surface area contributed by atoms with Gasteiger partial charge in [0, 0.05) is 17.1 Å². The summed E-state index contributed by atoms with van der Waals surface area (Å²) in [5, 5.41) is 6.05. The number of carbonyl (C=O) groups excluding carboxylic acids is 3. The lowest BCUT2D eigenvalue weighted by Crippen LogP contribution is -2.60. The average Bonchev–Trinajstić information content (AvgIpc) is 2.88. The van der Waals surface area contributed by atoms with Crippen molar-refractivity contribution in [3.63, 3.8) is 0 Å². The number of rotatable bonds is 11. The number of terminal acetylenes is 1. The van der Waals surface area contributed by atoms with Crippen molar-refractivity contribution in [2.75, 3.05) is 12.0 Å². The molecule has 0 aliphatic heterocycles. The molecule has 1 saturated carbocycles. The molecule has 1 aliphatic carbocycles. The van der Waals surface area contributed by atoms with Gasteiger partial charge in [-0.15, -0.1) is 6.42 Å². The Balaban J connectivity index is 2.56. The van der Waals surface area contributed by atoms with Gasteiger partial charge in [-0.1, -0.05) is 44.2 Å². The van der Waals surface area contributed by atoms with Gasteiger partial charge >= 0.3 is 6.09 Å². The zero-order chi connectivity index (χ0) is 29.2. The maximum absolute atomic E-state index is 14.4. The van der Waals surface area contributed by atoms with Crippen molar-refractivity contribution in [2.45, 2.75) is 116 Å². The number of hydrogen-bond donors (Lipinski definition) is 2. The molecule has 0 aromatic heterocycles. The van der Waals surface area contributed by atoms with Crippen LogP contribution in [0.5, 0.6) is 0 Å². The number of thioether (sulfide) groups is 1. The van der Waals surface area contributed by atoms with E-state index in [1.807, 2.05) is 39.2 Å². The molecular weight excluding hydrogens is 510 g/mol. The fourth-order valence-electron chi connectivity index (χ4n) is 4.76. The Morgan fingerprint density at radius 3 is 2.23 bits per heavy atom. The number of carbonyl (C=O) groups is 3. The molecule has 39 heavy (non-hydrogen) atoms. The van der Waals surface area contributed by atoms with E-state index in [0.717, 1.165) is 25.7 Å². The zero-order valence-corrected chi connectivity index (χ0v) is 25.6. The van der Waals surface area contributed by atoms with Crippen LogP contribution < -0.4 is 10.6 Å². The van der Waals surface area contributed by atoms with E-state index >= 15 is 0 Å². The second-order valence-electron chi connectivity index (χ2n) is 11.9. The van der Waals surface area contributed by atoms with Gasteiger partial charge in [-0.25, -0.2) is 4.79 Å². The first-order valence-electron chi connectivity index (χ1n) is 14.0. The lowest BCUT2D eigenvalue weighted by atomic mass is 9.90. The molecule has 2 N–H and O–H groups in total. The van der Waals surface area contributed by atoms with Crippen molar-refractivity contribution in [1.29, 1.82) is 0 Å². The normalized spacial score (nSPS) is 15.9. The summed E-state index contributed by atoms with van der Waals surface area (Å²) in [6, 6.07) is 5.57. The highest BCUT2D eigenvalue weighted by Gasteiger charge is 2.43. The molecule has 0 bridgehead atoms. The van der Waals surface area contributed by atoms with Crippen LogP contribution in [0.25, 0.3) is 0 Å². The highest BCUT2D eigenvalue weighted by molar-refractivity contribution is 7.98. The Morgan fingerprint density at radius 1 is 1.10 bits per heavy atom. The van der Waals surface area contributed by atoms with E-state index in [0.29, 0.717) is 29.7 Å². The summed E-state index contributed by atoms with van der Waals surface area (Å²) in [4.78, 5) is 42.9. The van der Waals surface area contributed by atoms with E-state index < -0.39 is 29.3 Å². The SMILES string of the molecule is C#Cc1ccc(C(C(=O)NC2CCCCC2)N(C(=O)C(CCSC)NC(=O)OC(C)(C)C)C(C)(C)CC)cc1. The number of nitrogens with zero attached hydrogens (tertiary/aromatic N) is 1. The fraction of sp³-hybridized carbons (Fsp3) is 0.645. The topological polar surface area (TPSA) is 87.7 Å². The van der Waals surface area contributed by atoms with Crippen LogP contribution in [-0.4, -0.2) is 58.0 Å². The van der Waals surface area contributed by atoms with Crippen LogP contribution in [0.3, 0.4) is 0 Å². The summed E-state index contributed by atoms with van der Waals surface area (Å²) in [5.74, 6) is 2.74. The first kappa shape index (κ1) is 32.6. The smallest absolute Gasteiger partial charge is 0.408 e. The van der Waals surface area contributed by atoms with Crippen LogP contribution in [0.2, 0.25) is 0 Å². The molecule has 1 aliphatic rings. The monoisotopic (exact) mass is 557 g/mol. The number of nitrogens with one attached hydrogen (secondary N) is 2. The van der Waals surface area contributed by atoms with Crippen molar-refractivity contribution in [1.82, 2.24) is 15.5 Å². The molecule has 7 nitrogen and oxygen atoms in total. The number of alkyl carbamates (subject to hydrolysis) is 1. The third-order valence-corrected chi connectivity index (χ3v) is 7.85. The molecule has 0 spiro atoms. The van der Waals surface area contributed by atoms with Crippen LogP contribution in [0, 0.1) is 12.3 Å². The van der Waals surface area contributed by atoms with Crippen LogP contribution in [0.1, 0.15) is 104 Å². The first-order valence-corrected chi connectivity index (χ1v) is 15.4. The van der Waals surface area contributed by atoms with Crippen LogP contribution in [0.4, 0.5) is 4.79 Å². The fourth-order valence-corrected chi connectivity index (χ4v) is 5.23. The van der Waals surface area contributed by atoms with Gasteiger partial charge in [0.1, 0.15) is 17.7 Å². The van der Waals surface area contributed by atoms with E-state index in [1.54, 1.807) is 49.6 Å². The average molecular weight is 558 g/mol. The van der Waals surface area contributed by atoms with E-state index in [-0.39, 0.29) is 17.9 Å². The van der Waals surface area contributed by atoms with Crippen molar-refractivity contribution < 1.29 is 19.1 Å². The van der Waals surface area contributed by atoms with Gasteiger partial charge in [-0.2, -0.15) is 11.8 Å². The van der Waals surface area contributed by atoms with Crippen molar-refractivity contribution in [3.05, 3.63) is 35.4 Å². The van der Waals surface area contributed by atoms with Crippen molar-refractivity contribution in [3.8, 4) is 12.3 Å². The summed E-state index contributed by atoms with van der Waals surface area (Å²) < 4.78 is 5.48. The molecule has 216 valence electrons. The molecule has 0 radical (unpaired) electrons. The van der Waals surface area contributed by atoms with Crippen LogP contribution >= 0.6 is 11.8 Å². The Kier molecular flexibility index (Phi) is 12.2. The first-order chi connectivity index (χ1) is 18.3. The lowest BCUT2D eigenvalue weighted by Gasteiger charge is -2.45. The summed E-state index contributed by atoms with van der Waals surface area (Å²) in [7, 11) is 0. The summed E-state index contributed by atoms with van der Waals surface area (Å²) >= 11 is 1.59. The lowest BCUT2D eigenvalue weighted by molar-refractivity contribution is -0.149. The summed E-state index contributed by atoms with van der Waals surface area (Å²) in [6.45, 7) is 11.3. The third-order valence-electron chi connectivity index (χ3n) is 7.21. The maximum Gasteiger partial charge on any atom is 0.408 e. The van der Waals surface area contributed by atoms with Crippen molar-refractivity contribution in [2.24, 2.45) is 0 Å². The van der Waals surface area contributed by atoms with Gasteiger partial charge in [0.05, 0.1) is 0 Å². The molecule has 0 saturated heterocycles. The van der Waals surface area contributed by atoms with Crippen LogP contribution in [-0.2, 0) is 14.3 Å². The molecule has 1 aromatic carbocycles. The standard InChI is InChI=1S/C31H47N3O4S/c1-9-22-16-18-23(19-17-22)26(27(35)32-24-14-12-11-13-15-24)34(31(6,7)10-2)28(36)25(20-21-39-8)33-29(37)38-30(3,4)5/h1,16-19,24-26H,10-15,20-21H2,2-8H3,(H,32,35)(H,33,37). The van der Waals surface area contributed by atoms with Gasteiger partial charge in [0.15, 0.2) is 0 Å². The maximum atomic E-state index is 14.4. The minimum atomic E-state index is -0.890. The van der Waals surface area contributed by atoms with Gasteiger partial charge in [-0.3, -0.25) is 9.59 Å². The summed E-state index contributed by atoms with van der Waals surface area (Å²) in [5.41, 5.74) is -0.0231. The largest absolute Gasteiger partial charge is 0.444 e. The van der Waals surface area contributed by atoms with E-state index in [2.05, 4.69) is 16.6 Å². The molecular formula is C31H47N3O4S. The van der Waals surface area contributed by atoms with Crippen molar-refractivity contribution >= 4 is 29.7 Å². The Morgan fingerprint density at radius 2 is 1.72 bits per heavy atom. The highest BCUT2D eigenvalue weighted by atomic mass is 32.2. The number of ether oxygens (including phenoxy) is 1. The molecule has 2 rings (SSSR count).